The van der Waals surface area contributed by atoms with E-state index in [0.717, 1.165) is 12.8 Å². The fraction of sp³-hybridized carbons (Fsp3) is 0.467. The first kappa shape index (κ1) is 16.9. The van der Waals surface area contributed by atoms with Crippen LogP contribution in [0.5, 0.6) is 5.75 Å². The van der Waals surface area contributed by atoms with Crippen molar-refractivity contribution in [2.24, 2.45) is 5.73 Å². The molecule has 0 aromatic heterocycles. The summed E-state index contributed by atoms with van der Waals surface area (Å²) in [7, 11) is -3.37. The largest absolute Gasteiger partial charge is 0.489 e. The van der Waals surface area contributed by atoms with Gasteiger partial charge >= 0.3 is 0 Å². The Kier molecular flexibility index (Phi) is 5.93. The molecule has 0 saturated carbocycles. The molecule has 0 amide bonds. The molecule has 122 valence electrons. The van der Waals surface area contributed by atoms with Crippen LogP contribution in [0.1, 0.15) is 12.8 Å². The van der Waals surface area contributed by atoms with Gasteiger partial charge in [-0.05, 0) is 37.1 Å². The summed E-state index contributed by atoms with van der Waals surface area (Å²) >= 11 is 0. The lowest BCUT2D eigenvalue weighted by atomic mass is 10.3. The average Bonchev–Trinajstić information content (AvgIpc) is 3.01. The fourth-order valence-electron chi connectivity index (χ4n) is 2.17. The Balaban J connectivity index is 1.98. The van der Waals surface area contributed by atoms with Gasteiger partial charge in [-0.2, -0.15) is 0 Å². The highest BCUT2D eigenvalue weighted by Gasteiger charge is 2.24. The number of nitrogens with two attached hydrogens (primary N) is 1. The fourth-order valence-corrected chi connectivity index (χ4v) is 3.67. The molecule has 1 heterocycles. The molecule has 1 aliphatic rings. The number of hydrogen-bond acceptors (Lipinski definition) is 5. The van der Waals surface area contributed by atoms with Crippen LogP contribution in [0.2, 0.25) is 0 Å². The van der Waals surface area contributed by atoms with E-state index in [1.54, 1.807) is 12.1 Å². The molecule has 1 aromatic rings. The third kappa shape index (κ3) is 4.53. The van der Waals surface area contributed by atoms with E-state index in [4.69, 9.17) is 15.2 Å². The summed E-state index contributed by atoms with van der Waals surface area (Å²) in [6, 6.07) is 6.07. The maximum Gasteiger partial charge on any atom is 0.180 e. The van der Waals surface area contributed by atoms with Crippen LogP contribution in [0, 0.1) is 0 Å². The molecule has 0 aliphatic carbocycles. The van der Waals surface area contributed by atoms with Gasteiger partial charge in [0.15, 0.2) is 9.84 Å². The maximum absolute atomic E-state index is 12.4. The van der Waals surface area contributed by atoms with E-state index in [0.29, 0.717) is 24.3 Å². The van der Waals surface area contributed by atoms with Crippen molar-refractivity contribution in [2.45, 2.75) is 23.8 Å². The predicted molar refractivity (Wildman–Crippen MR) is 81.2 cm³/mol. The lowest BCUT2D eigenvalue weighted by Crippen LogP contribution is -2.20. The monoisotopic (exact) mass is 329 g/mol. The van der Waals surface area contributed by atoms with Gasteiger partial charge in [-0.1, -0.05) is 0 Å². The summed E-state index contributed by atoms with van der Waals surface area (Å²) in [6.07, 6.45) is 1.87. The van der Waals surface area contributed by atoms with Crippen LogP contribution in [0.15, 0.2) is 41.1 Å². The summed E-state index contributed by atoms with van der Waals surface area (Å²) in [4.78, 5) is 0.232. The van der Waals surface area contributed by atoms with Crippen LogP contribution < -0.4 is 10.5 Å². The maximum atomic E-state index is 12.4. The van der Waals surface area contributed by atoms with Crippen LogP contribution >= 0.6 is 0 Å². The molecule has 1 saturated heterocycles. The third-order valence-electron chi connectivity index (χ3n) is 3.45. The molecule has 0 spiro atoms. The van der Waals surface area contributed by atoms with Gasteiger partial charge in [-0.3, -0.25) is 0 Å². The first-order chi connectivity index (χ1) is 10.5. The van der Waals surface area contributed by atoms with E-state index in [1.165, 1.54) is 12.1 Å². The predicted octanol–water partition coefficient (Wildman–Crippen LogP) is 1.83. The van der Waals surface area contributed by atoms with Crippen molar-refractivity contribution in [2.75, 3.05) is 25.5 Å². The molecule has 1 aliphatic heterocycles. The van der Waals surface area contributed by atoms with Crippen molar-refractivity contribution in [3.63, 3.8) is 0 Å². The zero-order chi connectivity index (χ0) is 16.0. The number of ether oxygens (including phenoxy) is 2. The molecule has 1 aromatic carbocycles. The van der Waals surface area contributed by atoms with Crippen LogP contribution in [0.25, 0.3) is 0 Å². The van der Waals surface area contributed by atoms with Crippen molar-refractivity contribution in [3.05, 3.63) is 36.2 Å². The van der Waals surface area contributed by atoms with E-state index >= 15 is 0 Å². The zero-order valence-corrected chi connectivity index (χ0v) is 13.0. The second kappa shape index (κ2) is 7.71. The minimum Gasteiger partial charge on any atom is -0.489 e. The van der Waals surface area contributed by atoms with Crippen LogP contribution in [0.4, 0.5) is 4.39 Å². The summed E-state index contributed by atoms with van der Waals surface area (Å²) in [5.41, 5.74) is 5.66. The quantitative estimate of drug-likeness (QED) is 0.826. The molecule has 7 heteroatoms. The average molecular weight is 329 g/mol. The van der Waals surface area contributed by atoms with Gasteiger partial charge in [0.05, 0.1) is 23.1 Å². The molecule has 0 radical (unpaired) electrons. The van der Waals surface area contributed by atoms with E-state index < -0.39 is 9.84 Å². The third-order valence-corrected chi connectivity index (χ3v) is 5.25. The molecular weight excluding hydrogens is 309 g/mol. The van der Waals surface area contributed by atoms with E-state index in [2.05, 4.69) is 0 Å². The highest BCUT2D eigenvalue weighted by molar-refractivity contribution is 7.91. The van der Waals surface area contributed by atoms with Crippen molar-refractivity contribution in [1.29, 1.82) is 0 Å². The molecular formula is C15H20FNO4S. The molecule has 2 N–H and O–H groups in total. The number of benzene rings is 1. The van der Waals surface area contributed by atoms with Gasteiger partial charge in [0.1, 0.15) is 12.4 Å². The number of hydrogen-bond donors (Lipinski definition) is 1. The summed E-state index contributed by atoms with van der Waals surface area (Å²) in [5, 5.41) is 0. The Morgan fingerprint density at radius 1 is 1.41 bits per heavy atom. The number of rotatable bonds is 7. The summed E-state index contributed by atoms with van der Waals surface area (Å²) in [5.74, 6) is 0.457. The van der Waals surface area contributed by atoms with Crippen LogP contribution in [-0.4, -0.2) is 40.0 Å². The minimum atomic E-state index is -3.37. The first-order valence-corrected chi connectivity index (χ1v) is 8.76. The Labute approximate surface area is 129 Å². The molecule has 1 fully saturated rings. The summed E-state index contributed by atoms with van der Waals surface area (Å²) < 4.78 is 47.6. The molecule has 22 heavy (non-hydrogen) atoms. The van der Waals surface area contributed by atoms with Crippen molar-refractivity contribution in [1.82, 2.24) is 0 Å². The van der Waals surface area contributed by atoms with Gasteiger partial charge < -0.3 is 15.2 Å². The van der Waals surface area contributed by atoms with Crippen molar-refractivity contribution < 1.29 is 22.3 Å². The second-order valence-corrected chi connectivity index (χ2v) is 7.18. The van der Waals surface area contributed by atoms with Gasteiger partial charge in [0.25, 0.3) is 0 Å². The zero-order valence-electron chi connectivity index (χ0n) is 12.2. The van der Waals surface area contributed by atoms with Crippen LogP contribution in [-0.2, 0) is 14.6 Å². The minimum absolute atomic E-state index is 0.00485. The summed E-state index contributed by atoms with van der Waals surface area (Å²) in [6.45, 7) is 0.734. The topological polar surface area (TPSA) is 78.6 Å². The van der Waals surface area contributed by atoms with Gasteiger partial charge in [-0.25, -0.2) is 12.8 Å². The Morgan fingerprint density at radius 3 is 2.68 bits per heavy atom. The lowest BCUT2D eigenvalue weighted by Gasteiger charge is -2.11. The first-order valence-electron chi connectivity index (χ1n) is 7.10. The van der Waals surface area contributed by atoms with Gasteiger partial charge in [0.2, 0.25) is 0 Å². The normalized spacial score (nSPS) is 19.4. The number of halogens is 1. The second-order valence-electron chi connectivity index (χ2n) is 5.15. The highest BCUT2D eigenvalue weighted by Crippen LogP contribution is 2.21. The molecule has 5 nitrogen and oxygen atoms in total. The molecule has 1 unspecified atom stereocenters. The molecule has 2 rings (SSSR count). The van der Waals surface area contributed by atoms with E-state index in [-0.39, 0.29) is 29.9 Å². The SMILES string of the molecule is NC/C(=C\F)COc1ccc(S(=O)(=O)CC2CCCO2)cc1. The molecule has 0 bridgehead atoms. The van der Waals surface area contributed by atoms with Crippen molar-refractivity contribution >= 4 is 9.84 Å². The van der Waals surface area contributed by atoms with Crippen LogP contribution in [0.3, 0.4) is 0 Å². The highest BCUT2D eigenvalue weighted by atomic mass is 32.2. The Bertz CT molecular complexity index is 607. The smallest absolute Gasteiger partial charge is 0.180 e. The Morgan fingerprint density at radius 2 is 2.14 bits per heavy atom. The van der Waals surface area contributed by atoms with Gasteiger partial charge in [0, 0.05) is 18.7 Å². The standard InChI is InChI=1S/C15H20FNO4S/c16-8-12(9-17)10-21-13-3-5-15(6-4-13)22(18,19)11-14-2-1-7-20-14/h3-6,8,14H,1-2,7,9-11,17H2/b12-8+. The van der Waals surface area contributed by atoms with E-state index in [9.17, 15) is 12.8 Å². The molecule has 1 atom stereocenters. The number of sulfone groups is 1. The van der Waals surface area contributed by atoms with E-state index in [1.807, 2.05) is 0 Å². The van der Waals surface area contributed by atoms with Gasteiger partial charge in [-0.15, -0.1) is 0 Å². The van der Waals surface area contributed by atoms with Crippen molar-refractivity contribution in [3.8, 4) is 5.75 Å². The Hall–Kier alpha value is -1.44. The lowest BCUT2D eigenvalue weighted by molar-refractivity contribution is 0.127.